The number of hydrogen-bond donors (Lipinski definition) is 4. The summed E-state index contributed by atoms with van der Waals surface area (Å²) in [6, 6.07) is 3.93. The van der Waals surface area contributed by atoms with Crippen molar-refractivity contribution in [2.45, 2.75) is 140 Å². The van der Waals surface area contributed by atoms with E-state index < -0.39 is 23.6 Å². The highest BCUT2D eigenvalue weighted by molar-refractivity contribution is 5.70. The van der Waals surface area contributed by atoms with Gasteiger partial charge in [-0.2, -0.15) is 11.9 Å². The SMILES string of the molecule is CCCCCCCC(O)CCCCCCC(C(=O)O)C(O)C1CCC2CCC(Cc3ccc[n-]3)C2(O)C1. The fourth-order valence-electron chi connectivity index (χ4n) is 7.17. The predicted octanol–water partition coefficient (Wildman–Crippen LogP) is 5.87. The highest BCUT2D eigenvalue weighted by atomic mass is 16.4. The van der Waals surface area contributed by atoms with Crippen molar-refractivity contribution in [2.24, 2.45) is 23.7 Å². The van der Waals surface area contributed by atoms with Gasteiger partial charge in [-0.25, -0.2) is 0 Å². The molecule has 7 atom stereocenters. The van der Waals surface area contributed by atoms with Gasteiger partial charge in [0.05, 0.1) is 23.7 Å². The average Bonchev–Trinajstić information content (AvgIpc) is 3.50. The molecule has 3 rings (SSSR count). The summed E-state index contributed by atoms with van der Waals surface area (Å²) in [6.07, 6.45) is 17.4. The van der Waals surface area contributed by atoms with E-state index in [1.807, 2.05) is 12.1 Å². The van der Waals surface area contributed by atoms with Crippen LogP contribution in [-0.4, -0.2) is 44.2 Å². The Labute approximate surface area is 224 Å². The molecule has 212 valence electrons. The Kier molecular flexibility index (Phi) is 12.5. The van der Waals surface area contributed by atoms with Crippen LogP contribution in [0.25, 0.3) is 0 Å². The predicted molar refractivity (Wildman–Crippen MR) is 146 cm³/mol. The van der Waals surface area contributed by atoms with Crippen LogP contribution in [-0.2, 0) is 11.2 Å². The number of aliphatic carboxylic acids is 1. The first-order chi connectivity index (χ1) is 17.8. The summed E-state index contributed by atoms with van der Waals surface area (Å²) in [5, 5.41) is 42.9. The first kappa shape index (κ1) is 30.2. The quantitative estimate of drug-likeness (QED) is 0.181. The van der Waals surface area contributed by atoms with E-state index in [0.29, 0.717) is 12.8 Å². The zero-order valence-electron chi connectivity index (χ0n) is 23.1. The van der Waals surface area contributed by atoms with Crippen molar-refractivity contribution in [3.63, 3.8) is 0 Å². The van der Waals surface area contributed by atoms with Gasteiger partial charge in [0.1, 0.15) is 0 Å². The summed E-state index contributed by atoms with van der Waals surface area (Å²) in [6.45, 7) is 2.21. The number of rotatable bonds is 18. The van der Waals surface area contributed by atoms with E-state index in [9.17, 15) is 25.2 Å². The Morgan fingerprint density at radius 2 is 1.62 bits per heavy atom. The van der Waals surface area contributed by atoms with Crippen LogP contribution in [0.4, 0.5) is 0 Å². The number of hydrogen-bond acceptors (Lipinski definition) is 4. The fourth-order valence-corrected chi connectivity index (χ4v) is 7.17. The first-order valence-electron chi connectivity index (χ1n) is 15.2. The molecule has 0 aromatic carbocycles. The first-order valence-corrected chi connectivity index (χ1v) is 15.2. The molecule has 6 nitrogen and oxygen atoms in total. The molecule has 2 aliphatic carbocycles. The van der Waals surface area contributed by atoms with Crippen LogP contribution in [0.3, 0.4) is 0 Å². The van der Waals surface area contributed by atoms with E-state index in [-0.39, 0.29) is 23.9 Å². The maximum Gasteiger partial charge on any atom is 0.309 e. The smallest absolute Gasteiger partial charge is 0.309 e. The molecule has 0 amide bonds. The lowest BCUT2D eigenvalue weighted by Crippen LogP contribution is -2.49. The van der Waals surface area contributed by atoms with Crippen molar-refractivity contribution in [2.75, 3.05) is 0 Å². The molecular weight excluding hydrogens is 466 g/mol. The van der Waals surface area contributed by atoms with E-state index in [0.717, 1.165) is 82.7 Å². The second kappa shape index (κ2) is 15.3. The van der Waals surface area contributed by atoms with Gasteiger partial charge in [0.2, 0.25) is 0 Å². The Balaban J connectivity index is 1.39. The third-order valence-electron chi connectivity index (χ3n) is 9.48. The van der Waals surface area contributed by atoms with Gasteiger partial charge in [-0.15, -0.1) is 0 Å². The molecule has 0 saturated heterocycles. The zero-order chi connectivity index (χ0) is 26.7. The lowest BCUT2D eigenvalue weighted by molar-refractivity contribution is -0.152. The normalized spacial score (nSPS) is 28.1. The van der Waals surface area contributed by atoms with Crippen LogP contribution in [0.5, 0.6) is 0 Å². The molecular formula is C31H52NO5-. The number of carbonyl (C=O) groups is 1. The number of carboxylic acids is 1. The van der Waals surface area contributed by atoms with Crippen molar-refractivity contribution >= 4 is 5.97 Å². The Morgan fingerprint density at radius 1 is 0.973 bits per heavy atom. The zero-order valence-corrected chi connectivity index (χ0v) is 23.1. The second-order valence-corrected chi connectivity index (χ2v) is 12.1. The van der Waals surface area contributed by atoms with Gasteiger partial charge in [0.25, 0.3) is 0 Å². The molecule has 2 fully saturated rings. The van der Waals surface area contributed by atoms with Gasteiger partial charge in [0, 0.05) is 0 Å². The fraction of sp³-hybridized carbons (Fsp3) is 0.839. The molecule has 0 radical (unpaired) electrons. The second-order valence-electron chi connectivity index (χ2n) is 12.1. The Bertz CT molecular complexity index is 768. The van der Waals surface area contributed by atoms with Crippen LogP contribution in [0.1, 0.15) is 122 Å². The van der Waals surface area contributed by atoms with Crippen LogP contribution < -0.4 is 4.98 Å². The molecule has 2 aliphatic rings. The van der Waals surface area contributed by atoms with Gasteiger partial charge < -0.3 is 25.4 Å². The molecule has 0 bridgehead atoms. The minimum Gasteiger partial charge on any atom is -0.668 e. The topological polar surface area (TPSA) is 112 Å². The van der Waals surface area contributed by atoms with Crippen molar-refractivity contribution in [3.8, 4) is 0 Å². The molecule has 1 aromatic rings. The number of fused-ring (bicyclic) bond motifs is 1. The van der Waals surface area contributed by atoms with Crippen LogP contribution in [0, 0.1) is 23.7 Å². The van der Waals surface area contributed by atoms with E-state index in [1.165, 1.54) is 25.7 Å². The van der Waals surface area contributed by atoms with Crippen molar-refractivity contribution in [3.05, 3.63) is 24.0 Å². The summed E-state index contributed by atoms with van der Waals surface area (Å²) >= 11 is 0. The van der Waals surface area contributed by atoms with E-state index in [4.69, 9.17) is 0 Å². The molecule has 7 unspecified atom stereocenters. The minimum atomic E-state index is -0.927. The molecule has 0 spiro atoms. The molecule has 4 N–H and O–H groups in total. The van der Waals surface area contributed by atoms with Gasteiger partial charge in [0.15, 0.2) is 0 Å². The standard InChI is InChI=1S/C31H52NO5/c1-2-3-4-5-8-13-27(33)14-9-6-7-10-15-28(30(35)36)29(34)23-16-17-24-18-19-25(31(24,37)22-23)21-26-12-11-20-32-26/h11-12,20,23-25,27-29,33-34,37H,2-10,13-19,21-22H2,1H3,(H,35,36)/q-1. The number of aliphatic hydroxyl groups excluding tert-OH is 2. The van der Waals surface area contributed by atoms with Gasteiger partial charge in [-0.1, -0.05) is 76.8 Å². The molecule has 2 saturated carbocycles. The third-order valence-corrected chi connectivity index (χ3v) is 9.48. The maximum atomic E-state index is 12.1. The third kappa shape index (κ3) is 8.83. The lowest BCUT2D eigenvalue weighted by Gasteiger charge is -2.45. The van der Waals surface area contributed by atoms with Crippen LogP contribution >= 0.6 is 0 Å². The average molecular weight is 519 g/mol. The van der Waals surface area contributed by atoms with Crippen molar-refractivity contribution in [1.82, 2.24) is 4.98 Å². The summed E-state index contributed by atoms with van der Waals surface area (Å²) in [5.41, 5.74) is 0.174. The number of aromatic nitrogens is 1. The largest absolute Gasteiger partial charge is 0.668 e. The highest BCUT2D eigenvalue weighted by Crippen LogP contribution is 2.52. The van der Waals surface area contributed by atoms with Crippen LogP contribution in [0.2, 0.25) is 0 Å². The van der Waals surface area contributed by atoms with Gasteiger partial charge in [-0.3, -0.25) is 4.79 Å². The van der Waals surface area contributed by atoms with Crippen molar-refractivity contribution < 1.29 is 25.2 Å². The summed E-state index contributed by atoms with van der Waals surface area (Å²) in [5.74, 6) is -1.52. The van der Waals surface area contributed by atoms with E-state index in [1.54, 1.807) is 6.20 Å². The molecule has 0 aliphatic heterocycles. The highest BCUT2D eigenvalue weighted by Gasteiger charge is 2.53. The van der Waals surface area contributed by atoms with E-state index in [2.05, 4.69) is 11.9 Å². The number of aliphatic hydroxyl groups is 3. The minimum absolute atomic E-state index is 0.123. The molecule has 1 heterocycles. The summed E-state index contributed by atoms with van der Waals surface area (Å²) in [4.78, 5) is 16.5. The van der Waals surface area contributed by atoms with Gasteiger partial charge in [-0.05, 0) is 75.5 Å². The van der Waals surface area contributed by atoms with Gasteiger partial charge >= 0.3 is 5.97 Å². The number of unbranched alkanes of at least 4 members (excludes halogenated alkanes) is 7. The number of carboxylic acid groups (broad SMARTS) is 1. The molecule has 1 aromatic heterocycles. The number of nitrogens with zero attached hydrogens (tertiary/aromatic N) is 1. The summed E-state index contributed by atoms with van der Waals surface area (Å²) in [7, 11) is 0. The lowest BCUT2D eigenvalue weighted by atomic mass is 9.66. The van der Waals surface area contributed by atoms with E-state index >= 15 is 0 Å². The van der Waals surface area contributed by atoms with Crippen LogP contribution in [0.15, 0.2) is 18.3 Å². The van der Waals surface area contributed by atoms with Crippen molar-refractivity contribution in [1.29, 1.82) is 0 Å². The Morgan fingerprint density at radius 3 is 2.24 bits per heavy atom. The summed E-state index contributed by atoms with van der Waals surface area (Å²) < 4.78 is 0. The molecule has 6 heteroatoms. The Hall–Kier alpha value is -1.37. The molecule has 37 heavy (non-hydrogen) atoms. The maximum absolute atomic E-state index is 12.1. The monoisotopic (exact) mass is 518 g/mol.